The van der Waals surface area contributed by atoms with Crippen molar-refractivity contribution in [2.45, 2.75) is 103 Å². The number of halogens is 1. The number of nitrogens with one attached hydrogen (secondary N) is 1. The van der Waals surface area contributed by atoms with Crippen molar-refractivity contribution in [3.8, 4) is 0 Å². The van der Waals surface area contributed by atoms with Gasteiger partial charge >= 0.3 is 0 Å². The third kappa shape index (κ3) is 8.69. The third-order valence-corrected chi connectivity index (χ3v) is 6.50. The molecule has 0 radical (unpaired) electrons. The summed E-state index contributed by atoms with van der Waals surface area (Å²) in [7, 11) is 0. The van der Waals surface area contributed by atoms with Crippen LogP contribution in [0.15, 0.2) is 48.8 Å². The Kier molecular flexibility index (Phi) is 12.6. The lowest BCUT2D eigenvalue weighted by atomic mass is 9.93. The summed E-state index contributed by atoms with van der Waals surface area (Å²) in [6.45, 7) is 3.34. The van der Waals surface area contributed by atoms with E-state index in [0.717, 1.165) is 17.8 Å². The Morgan fingerprint density at radius 2 is 1.47 bits per heavy atom. The molecule has 0 spiro atoms. The molecule has 4 heteroatoms. The zero-order chi connectivity index (χ0) is 21.7. The number of unbranched alkanes of at least 4 members (excludes halogenated alkanes) is 11. The third-order valence-electron chi connectivity index (χ3n) is 6.50. The number of carbonyl (C=O) groups excluding carboxylic acids is 1. The smallest absolute Gasteiger partial charge is 0.174 e. The Morgan fingerprint density at radius 3 is 2.16 bits per heavy atom. The van der Waals surface area contributed by atoms with Crippen molar-refractivity contribution in [2.24, 2.45) is 0 Å². The second-order valence-corrected chi connectivity index (χ2v) is 9.13. The van der Waals surface area contributed by atoms with E-state index >= 15 is 0 Å². The van der Waals surface area contributed by atoms with Crippen LogP contribution >= 0.6 is 0 Å². The van der Waals surface area contributed by atoms with E-state index in [1.54, 1.807) is 0 Å². The van der Waals surface area contributed by atoms with Crippen molar-refractivity contribution in [3.63, 3.8) is 0 Å². The summed E-state index contributed by atoms with van der Waals surface area (Å²) >= 11 is 0. The van der Waals surface area contributed by atoms with E-state index in [9.17, 15) is 4.79 Å². The number of anilines is 1. The summed E-state index contributed by atoms with van der Waals surface area (Å²) in [5, 5.41) is 3.55. The fraction of sp³-hybridized carbons (Fsp3) is 0.571. The van der Waals surface area contributed by atoms with E-state index in [0.29, 0.717) is 6.42 Å². The minimum atomic E-state index is 0. The van der Waals surface area contributed by atoms with Crippen molar-refractivity contribution >= 4 is 11.5 Å². The van der Waals surface area contributed by atoms with Gasteiger partial charge in [0.2, 0.25) is 0 Å². The van der Waals surface area contributed by atoms with Crippen LogP contribution in [-0.4, -0.2) is 5.78 Å². The highest BCUT2D eigenvalue weighted by molar-refractivity contribution is 6.03. The molecular formula is C28H41BrN2O. The SMILES string of the molecule is CCCCCCCCCCCCCC[n+]1cccc(C2CC(=O)c3ccccc3N2)c1.[Br-]. The number of benzene rings is 1. The number of hydrogen-bond acceptors (Lipinski definition) is 2. The van der Waals surface area contributed by atoms with E-state index in [-0.39, 0.29) is 28.8 Å². The van der Waals surface area contributed by atoms with Crippen LogP contribution in [0.4, 0.5) is 5.69 Å². The molecule has 0 bridgehead atoms. The predicted molar refractivity (Wildman–Crippen MR) is 129 cm³/mol. The summed E-state index contributed by atoms with van der Waals surface area (Å²) in [4.78, 5) is 12.5. The zero-order valence-electron chi connectivity index (χ0n) is 19.8. The minimum absolute atomic E-state index is 0. The standard InChI is InChI=1S/C28H40N2O.BrH/c1-2-3-4-5-6-7-8-9-10-11-12-15-20-30-21-16-17-24(23-30)27-22-28(31)25-18-13-14-19-26(25)29-27;/h13-14,16-19,21,23,27H,2-12,15,20,22H2,1H3;1H. The first-order valence-corrected chi connectivity index (χ1v) is 12.7. The first kappa shape index (κ1) is 26.6. The largest absolute Gasteiger partial charge is 1.00 e. The fourth-order valence-electron chi connectivity index (χ4n) is 4.61. The van der Waals surface area contributed by atoms with Gasteiger partial charge in [-0.15, -0.1) is 0 Å². The normalized spacial score (nSPS) is 15.0. The Bertz CT molecular complexity index is 808. The van der Waals surface area contributed by atoms with Crippen molar-refractivity contribution in [1.82, 2.24) is 0 Å². The highest BCUT2D eigenvalue weighted by Crippen LogP contribution is 2.31. The number of hydrogen-bond donors (Lipinski definition) is 1. The summed E-state index contributed by atoms with van der Waals surface area (Å²) < 4.78 is 2.29. The van der Waals surface area contributed by atoms with Gasteiger partial charge in [-0.2, -0.15) is 0 Å². The Morgan fingerprint density at radius 1 is 0.844 bits per heavy atom. The maximum atomic E-state index is 12.5. The highest BCUT2D eigenvalue weighted by Gasteiger charge is 2.26. The molecule has 1 unspecified atom stereocenters. The Hall–Kier alpha value is -1.68. The van der Waals surface area contributed by atoms with Crippen molar-refractivity contribution in [1.29, 1.82) is 0 Å². The molecule has 0 fully saturated rings. The first-order chi connectivity index (χ1) is 15.3. The molecule has 1 aliphatic heterocycles. The lowest BCUT2D eigenvalue weighted by Crippen LogP contribution is -3.00. The number of fused-ring (bicyclic) bond motifs is 1. The number of para-hydroxylation sites is 1. The van der Waals surface area contributed by atoms with Gasteiger partial charge < -0.3 is 22.3 Å². The van der Waals surface area contributed by atoms with Crippen LogP contribution in [0.5, 0.6) is 0 Å². The van der Waals surface area contributed by atoms with E-state index in [2.05, 4.69) is 41.3 Å². The molecule has 0 amide bonds. The minimum Gasteiger partial charge on any atom is -1.00 e. The zero-order valence-corrected chi connectivity index (χ0v) is 21.4. The number of aryl methyl sites for hydroxylation is 1. The number of carbonyl (C=O) groups is 1. The van der Waals surface area contributed by atoms with Gasteiger partial charge in [-0.25, -0.2) is 4.57 Å². The van der Waals surface area contributed by atoms with Crippen molar-refractivity contribution < 1.29 is 26.3 Å². The van der Waals surface area contributed by atoms with Crippen molar-refractivity contribution in [2.75, 3.05) is 5.32 Å². The van der Waals surface area contributed by atoms with E-state index < -0.39 is 0 Å². The summed E-state index contributed by atoms with van der Waals surface area (Å²) in [6, 6.07) is 12.2. The molecule has 3 rings (SSSR count). The van der Waals surface area contributed by atoms with Gasteiger partial charge in [0.1, 0.15) is 6.54 Å². The molecule has 0 saturated heterocycles. The molecule has 0 saturated carbocycles. The van der Waals surface area contributed by atoms with Crippen LogP contribution in [0.3, 0.4) is 0 Å². The highest BCUT2D eigenvalue weighted by atomic mass is 79.9. The van der Waals surface area contributed by atoms with Gasteiger partial charge in [0.25, 0.3) is 0 Å². The molecule has 1 atom stereocenters. The van der Waals surface area contributed by atoms with Gasteiger partial charge in [0.05, 0.1) is 6.04 Å². The van der Waals surface area contributed by atoms with Gasteiger partial charge in [-0.3, -0.25) is 4.79 Å². The molecule has 1 aromatic carbocycles. The Labute approximate surface area is 205 Å². The molecule has 1 N–H and O–H groups in total. The second kappa shape index (κ2) is 15.2. The van der Waals surface area contributed by atoms with E-state index in [1.807, 2.05) is 24.3 Å². The van der Waals surface area contributed by atoms with Crippen LogP contribution in [-0.2, 0) is 6.54 Å². The molecule has 0 aliphatic carbocycles. The van der Waals surface area contributed by atoms with Gasteiger partial charge in [-0.1, -0.05) is 83.3 Å². The van der Waals surface area contributed by atoms with E-state index in [1.165, 1.54) is 82.6 Å². The quantitative estimate of drug-likeness (QED) is 0.307. The summed E-state index contributed by atoms with van der Waals surface area (Å²) in [5.74, 6) is 0.232. The van der Waals surface area contributed by atoms with E-state index in [4.69, 9.17) is 0 Å². The molecular weight excluding hydrogens is 460 g/mol. The molecule has 1 aliphatic rings. The maximum Gasteiger partial charge on any atom is 0.174 e. The molecule has 2 aromatic rings. The second-order valence-electron chi connectivity index (χ2n) is 9.13. The number of Topliss-reactive ketones (excluding diaryl/α,β-unsaturated/α-hetero) is 1. The molecule has 2 heterocycles. The van der Waals surface area contributed by atoms with Crippen LogP contribution < -0.4 is 26.9 Å². The summed E-state index contributed by atoms with van der Waals surface area (Å²) in [5.41, 5.74) is 2.98. The molecule has 3 nitrogen and oxygen atoms in total. The lowest BCUT2D eigenvalue weighted by Gasteiger charge is -2.25. The average Bonchev–Trinajstić information content (AvgIpc) is 2.80. The van der Waals surface area contributed by atoms with Gasteiger partial charge in [-0.05, 0) is 24.6 Å². The molecule has 176 valence electrons. The lowest BCUT2D eigenvalue weighted by molar-refractivity contribution is -0.697. The van der Waals surface area contributed by atoms with Gasteiger partial charge in [0.15, 0.2) is 18.2 Å². The molecule has 32 heavy (non-hydrogen) atoms. The van der Waals surface area contributed by atoms with Crippen LogP contribution in [0.1, 0.15) is 112 Å². The van der Waals surface area contributed by atoms with Crippen LogP contribution in [0.2, 0.25) is 0 Å². The number of ketones is 1. The fourth-order valence-corrected chi connectivity index (χ4v) is 4.61. The maximum absolute atomic E-state index is 12.5. The predicted octanol–water partition coefficient (Wildman–Crippen LogP) is 4.42. The monoisotopic (exact) mass is 500 g/mol. The van der Waals surface area contributed by atoms with Gasteiger partial charge in [0, 0.05) is 35.7 Å². The topological polar surface area (TPSA) is 33.0 Å². The summed E-state index contributed by atoms with van der Waals surface area (Å²) in [6.07, 6.45) is 21.4. The number of aromatic nitrogens is 1. The Balaban J connectivity index is 0.00000363. The number of nitrogens with zero attached hydrogens (tertiary/aromatic N) is 1. The first-order valence-electron chi connectivity index (χ1n) is 12.7. The average molecular weight is 502 g/mol. The van der Waals surface area contributed by atoms with Crippen molar-refractivity contribution in [3.05, 3.63) is 59.9 Å². The van der Waals surface area contributed by atoms with Crippen LogP contribution in [0.25, 0.3) is 0 Å². The van der Waals surface area contributed by atoms with Crippen LogP contribution in [0, 0.1) is 0 Å². The molecule has 1 aromatic heterocycles. The number of rotatable bonds is 14. The number of pyridine rings is 1.